The Balaban J connectivity index is 1.17. The molecule has 7 nitrogen and oxygen atoms in total. The van der Waals surface area contributed by atoms with Crippen molar-refractivity contribution in [3.05, 3.63) is 0 Å². The molecule has 0 aromatic carbocycles. The first-order chi connectivity index (χ1) is 16.5. The van der Waals surface area contributed by atoms with Crippen LogP contribution in [0.5, 0.6) is 0 Å². The van der Waals surface area contributed by atoms with Crippen LogP contribution < -0.4 is 16.5 Å². The van der Waals surface area contributed by atoms with Crippen molar-refractivity contribution in [1.29, 1.82) is 0 Å². The first kappa shape index (κ1) is 24.1. The summed E-state index contributed by atoms with van der Waals surface area (Å²) in [6.45, 7) is 1.49. The normalized spacial score (nSPS) is 48.1. The molecule has 34 heavy (non-hydrogen) atoms. The molecule has 0 aromatic rings. The summed E-state index contributed by atoms with van der Waals surface area (Å²) < 4.78 is 0. The molecule has 0 bridgehead atoms. The van der Waals surface area contributed by atoms with Crippen molar-refractivity contribution in [2.75, 3.05) is 13.1 Å². The van der Waals surface area contributed by atoms with Gasteiger partial charge in [0.25, 0.3) is 0 Å². The summed E-state index contributed by atoms with van der Waals surface area (Å²) in [7, 11) is 0. The van der Waals surface area contributed by atoms with Crippen LogP contribution in [0.3, 0.4) is 0 Å². The van der Waals surface area contributed by atoms with E-state index in [1.807, 2.05) is 0 Å². The van der Waals surface area contributed by atoms with E-state index >= 15 is 0 Å². The van der Waals surface area contributed by atoms with Gasteiger partial charge in [0.15, 0.2) is 0 Å². The van der Waals surface area contributed by atoms with E-state index in [1.165, 1.54) is 44.9 Å². The fourth-order valence-electron chi connectivity index (χ4n) is 8.47. The van der Waals surface area contributed by atoms with Gasteiger partial charge in [-0.25, -0.2) is 5.01 Å². The molecule has 0 radical (unpaired) electrons. The van der Waals surface area contributed by atoms with E-state index < -0.39 is 0 Å². The molecule has 192 valence electrons. The highest BCUT2D eigenvalue weighted by molar-refractivity contribution is 9.09. The molecule has 10 unspecified atom stereocenters. The van der Waals surface area contributed by atoms with Crippen LogP contribution in [-0.4, -0.2) is 75.3 Å². The maximum Gasteiger partial charge on any atom is 0.228 e. The first-order valence-corrected chi connectivity index (χ1v) is 15.1. The van der Waals surface area contributed by atoms with Gasteiger partial charge in [-0.1, -0.05) is 48.0 Å². The number of nitrogens with zero attached hydrogens (tertiary/aromatic N) is 2. The molecule has 6 aliphatic rings. The Morgan fingerprint density at radius 2 is 1.74 bits per heavy atom. The van der Waals surface area contributed by atoms with E-state index in [0.717, 1.165) is 50.5 Å². The van der Waals surface area contributed by atoms with Crippen molar-refractivity contribution in [3.63, 3.8) is 0 Å². The molecule has 6 fully saturated rings. The minimum Gasteiger partial charge on any atom is -0.391 e. The number of halogens is 1. The summed E-state index contributed by atoms with van der Waals surface area (Å²) >= 11 is 3.61. The van der Waals surface area contributed by atoms with Crippen LogP contribution in [0.4, 0.5) is 0 Å². The van der Waals surface area contributed by atoms with Crippen LogP contribution in [-0.2, 0) is 4.79 Å². The quantitative estimate of drug-likeness (QED) is 0.326. The van der Waals surface area contributed by atoms with Crippen LogP contribution in [0.15, 0.2) is 0 Å². The Labute approximate surface area is 213 Å². The SMILES string of the molecule is NC1CC(Br)NCC1C(=O)N1CCC2C3C(CCCCC31)NN2C1CCC(C2CCC2)CC1O. The zero-order chi connectivity index (χ0) is 23.4. The maximum absolute atomic E-state index is 13.8. The van der Waals surface area contributed by atoms with Gasteiger partial charge in [0.05, 0.1) is 23.0 Å². The molecule has 3 aliphatic heterocycles. The summed E-state index contributed by atoms with van der Waals surface area (Å²) in [6.07, 6.45) is 13.8. The highest BCUT2D eigenvalue weighted by atomic mass is 79.9. The van der Waals surface area contributed by atoms with E-state index in [4.69, 9.17) is 5.73 Å². The molecule has 8 heteroatoms. The van der Waals surface area contributed by atoms with Gasteiger partial charge >= 0.3 is 0 Å². The number of carbonyl (C=O) groups is 1. The number of carbonyl (C=O) groups excluding carboxylic acids is 1. The van der Waals surface area contributed by atoms with E-state index in [2.05, 4.69) is 36.6 Å². The topological polar surface area (TPSA) is 93.9 Å². The second-order valence-corrected chi connectivity index (χ2v) is 13.3. The first-order valence-electron chi connectivity index (χ1n) is 14.2. The minimum absolute atomic E-state index is 0.0865. The third-order valence-electron chi connectivity index (χ3n) is 10.5. The van der Waals surface area contributed by atoms with Gasteiger partial charge < -0.3 is 21.1 Å². The van der Waals surface area contributed by atoms with Crippen LogP contribution in [0.25, 0.3) is 0 Å². The van der Waals surface area contributed by atoms with Crippen molar-refractivity contribution in [2.45, 2.75) is 118 Å². The molecule has 0 spiro atoms. The number of amides is 1. The number of hydrogen-bond acceptors (Lipinski definition) is 6. The number of likely N-dealkylation sites (tertiary alicyclic amines) is 1. The molecule has 5 N–H and O–H groups in total. The number of piperidine rings is 2. The lowest BCUT2D eigenvalue weighted by Crippen LogP contribution is -2.62. The highest BCUT2D eigenvalue weighted by Crippen LogP contribution is 2.46. The largest absolute Gasteiger partial charge is 0.391 e. The molecule has 3 heterocycles. The number of hydrazine groups is 1. The highest BCUT2D eigenvalue weighted by Gasteiger charge is 2.54. The predicted molar refractivity (Wildman–Crippen MR) is 136 cm³/mol. The van der Waals surface area contributed by atoms with E-state index in [0.29, 0.717) is 30.6 Å². The Morgan fingerprint density at radius 1 is 0.912 bits per heavy atom. The summed E-state index contributed by atoms with van der Waals surface area (Å²) in [5.41, 5.74) is 10.4. The van der Waals surface area contributed by atoms with Gasteiger partial charge in [0.2, 0.25) is 5.91 Å². The minimum atomic E-state index is -0.226. The second-order valence-electron chi connectivity index (χ2n) is 12.2. The van der Waals surface area contributed by atoms with Gasteiger partial charge in [0.1, 0.15) is 0 Å². The third kappa shape index (κ3) is 4.28. The predicted octanol–water partition coefficient (Wildman–Crippen LogP) is 2.32. The summed E-state index contributed by atoms with van der Waals surface area (Å²) in [4.78, 5) is 16.2. The molecule has 10 atom stereocenters. The molecule has 1 amide bonds. The van der Waals surface area contributed by atoms with Crippen molar-refractivity contribution >= 4 is 21.8 Å². The van der Waals surface area contributed by atoms with Gasteiger partial charge in [0, 0.05) is 43.2 Å². The fraction of sp³-hybridized carbons (Fsp3) is 0.962. The van der Waals surface area contributed by atoms with E-state index in [-0.39, 0.29) is 35.0 Å². The molecule has 3 saturated carbocycles. The smallest absolute Gasteiger partial charge is 0.228 e. The average molecular weight is 539 g/mol. The number of nitrogens with two attached hydrogens (primary N) is 1. The molecular weight excluding hydrogens is 494 g/mol. The zero-order valence-electron chi connectivity index (χ0n) is 20.5. The molecular formula is C26H44BrN5O2. The summed E-state index contributed by atoms with van der Waals surface area (Å²) in [6, 6.07) is 1.30. The van der Waals surface area contributed by atoms with Crippen molar-refractivity contribution < 1.29 is 9.90 Å². The third-order valence-corrected chi connectivity index (χ3v) is 11.2. The summed E-state index contributed by atoms with van der Waals surface area (Å²) in [5, 5.41) is 17.2. The number of alkyl halides is 1. The van der Waals surface area contributed by atoms with Crippen LogP contribution in [0.1, 0.15) is 77.0 Å². The molecule has 6 rings (SSSR count). The standard InChI is InChI=1S/C26H44BrN5O2/c27-24-13-18(28)17(14-29-24)26(34)31-11-10-22-25-19(6-1-2-7-21(25)31)30-32(22)20-9-8-16(12-23(20)33)15-4-3-5-15/h15-25,29-30,33H,1-14,28H2. The van der Waals surface area contributed by atoms with Crippen LogP contribution in [0.2, 0.25) is 0 Å². The number of nitrogens with one attached hydrogen (secondary N) is 2. The van der Waals surface area contributed by atoms with E-state index in [1.54, 1.807) is 0 Å². The Morgan fingerprint density at radius 3 is 2.47 bits per heavy atom. The van der Waals surface area contributed by atoms with Gasteiger partial charge in [-0.3, -0.25) is 10.2 Å². The Hall–Kier alpha value is -0.250. The van der Waals surface area contributed by atoms with Crippen molar-refractivity contribution in [3.8, 4) is 0 Å². The van der Waals surface area contributed by atoms with Crippen molar-refractivity contribution in [1.82, 2.24) is 20.7 Å². The number of hydrogen-bond donors (Lipinski definition) is 4. The Bertz CT molecular complexity index is 753. The maximum atomic E-state index is 13.8. The fourth-order valence-corrected chi connectivity index (χ4v) is 9.09. The number of aliphatic hydroxyl groups excluding tert-OH is 1. The summed E-state index contributed by atoms with van der Waals surface area (Å²) in [5.74, 6) is 2.21. The van der Waals surface area contributed by atoms with Gasteiger partial charge in [-0.2, -0.15) is 0 Å². The molecule has 3 aliphatic carbocycles. The number of rotatable bonds is 3. The molecule has 0 aromatic heterocycles. The molecule has 3 saturated heterocycles. The van der Waals surface area contributed by atoms with Crippen LogP contribution in [0, 0.1) is 23.7 Å². The van der Waals surface area contributed by atoms with Crippen LogP contribution >= 0.6 is 15.9 Å². The Kier molecular flexibility index (Phi) is 7.02. The lowest BCUT2D eigenvalue weighted by molar-refractivity contribution is -0.144. The zero-order valence-corrected chi connectivity index (χ0v) is 22.0. The van der Waals surface area contributed by atoms with Gasteiger partial charge in [-0.15, -0.1) is 0 Å². The van der Waals surface area contributed by atoms with E-state index in [9.17, 15) is 9.90 Å². The monoisotopic (exact) mass is 537 g/mol. The average Bonchev–Trinajstić information content (AvgIpc) is 3.00. The second kappa shape index (κ2) is 9.90. The van der Waals surface area contributed by atoms with Gasteiger partial charge in [-0.05, 0) is 56.8 Å². The lowest BCUT2D eigenvalue weighted by Gasteiger charge is -2.49. The van der Waals surface area contributed by atoms with Crippen molar-refractivity contribution in [2.24, 2.45) is 29.4 Å². The lowest BCUT2D eigenvalue weighted by atomic mass is 9.68. The number of aliphatic hydroxyl groups is 1.